The highest BCUT2D eigenvalue weighted by Gasteiger charge is 2.10. The van der Waals surface area contributed by atoms with Gasteiger partial charge in [-0.1, -0.05) is 34.1 Å². The fourth-order valence-corrected chi connectivity index (χ4v) is 2.85. The van der Waals surface area contributed by atoms with Gasteiger partial charge in [0.1, 0.15) is 5.82 Å². The Morgan fingerprint density at radius 3 is 2.50 bits per heavy atom. The first kappa shape index (κ1) is 13.1. The lowest BCUT2D eigenvalue weighted by Crippen LogP contribution is -1.99. The van der Waals surface area contributed by atoms with Crippen molar-refractivity contribution in [3.8, 4) is 0 Å². The average molecular weight is 335 g/mol. The molecule has 0 bridgehead atoms. The average Bonchev–Trinajstić information content (AvgIpc) is 2.80. The lowest BCUT2D eigenvalue weighted by Gasteiger charge is -2.10. The van der Waals surface area contributed by atoms with Gasteiger partial charge in [0.25, 0.3) is 0 Å². The summed E-state index contributed by atoms with van der Waals surface area (Å²) in [4.78, 5) is 16.8. The van der Waals surface area contributed by atoms with Crippen LogP contribution >= 0.6 is 15.9 Å². The molecule has 0 aliphatic rings. The van der Waals surface area contributed by atoms with E-state index in [9.17, 15) is 9.18 Å². The normalized spacial score (nSPS) is 12.7. The summed E-state index contributed by atoms with van der Waals surface area (Å²) in [5.41, 5.74) is 3.49. The maximum Gasteiger partial charge on any atom is 0.323 e. The van der Waals surface area contributed by atoms with Crippen molar-refractivity contribution in [3.63, 3.8) is 0 Å². The molecule has 5 heteroatoms. The van der Waals surface area contributed by atoms with Gasteiger partial charge >= 0.3 is 5.69 Å². The molecule has 0 saturated carbocycles. The second-order valence-electron chi connectivity index (χ2n) is 4.68. The minimum absolute atomic E-state index is 0.107. The second-order valence-corrected chi connectivity index (χ2v) is 5.79. The van der Waals surface area contributed by atoms with Crippen LogP contribution in [0.5, 0.6) is 0 Å². The quantitative estimate of drug-likeness (QED) is 0.705. The van der Waals surface area contributed by atoms with E-state index in [2.05, 4.69) is 25.9 Å². The lowest BCUT2D eigenvalue weighted by atomic mass is 10.0. The lowest BCUT2D eigenvalue weighted by molar-refractivity contribution is 0.627. The number of H-pyrrole nitrogens is 2. The topological polar surface area (TPSA) is 48.6 Å². The van der Waals surface area contributed by atoms with Crippen molar-refractivity contribution in [1.82, 2.24) is 9.97 Å². The summed E-state index contributed by atoms with van der Waals surface area (Å²) < 4.78 is 12.9. The van der Waals surface area contributed by atoms with E-state index in [0.29, 0.717) is 0 Å². The van der Waals surface area contributed by atoms with Gasteiger partial charge in [-0.3, -0.25) is 0 Å². The number of hydrogen-bond donors (Lipinski definition) is 2. The van der Waals surface area contributed by atoms with Crippen molar-refractivity contribution in [3.05, 3.63) is 69.9 Å². The van der Waals surface area contributed by atoms with Crippen LogP contribution in [0, 0.1) is 5.82 Å². The van der Waals surface area contributed by atoms with Crippen LogP contribution in [0.1, 0.15) is 16.0 Å². The maximum absolute atomic E-state index is 12.9. The first-order chi connectivity index (χ1) is 9.61. The molecule has 102 valence electrons. The first-order valence-electron chi connectivity index (χ1n) is 6.22. The Labute approximate surface area is 123 Å². The molecule has 0 saturated heterocycles. The van der Waals surface area contributed by atoms with Crippen LogP contribution in [0.3, 0.4) is 0 Å². The zero-order chi connectivity index (χ0) is 14.1. The largest absolute Gasteiger partial charge is 0.323 e. The number of nitrogens with one attached hydrogen (secondary N) is 2. The SMILES string of the molecule is O=c1[nH]c2ccc(C(Br)Cc3ccc(F)cc3)cc2[nH]1. The van der Waals surface area contributed by atoms with Crippen LogP contribution in [0.2, 0.25) is 0 Å². The van der Waals surface area contributed by atoms with Crippen LogP contribution in [-0.4, -0.2) is 9.97 Å². The summed E-state index contributed by atoms with van der Waals surface area (Å²) in [5, 5.41) is 0. The molecular formula is C15H12BrFN2O. The number of alkyl halides is 1. The monoisotopic (exact) mass is 334 g/mol. The molecule has 0 aliphatic heterocycles. The number of imidazole rings is 1. The van der Waals surface area contributed by atoms with Crippen LogP contribution < -0.4 is 5.69 Å². The van der Waals surface area contributed by atoms with Crippen LogP contribution in [0.4, 0.5) is 4.39 Å². The predicted molar refractivity (Wildman–Crippen MR) is 80.7 cm³/mol. The molecule has 20 heavy (non-hydrogen) atoms. The molecule has 0 fully saturated rings. The Hall–Kier alpha value is -1.88. The molecule has 0 aliphatic carbocycles. The van der Waals surface area contributed by atoms with Gasteiger partial charge in [0.05, 0.1) is 11.0 Å². The molecule has 3 nitrogen and oxygen atoms in total. The third kappa shape index (κ3) is 2.67. The Balaban J connectivity index is 1.85. The van der Waals surface area contributed by atoms with Crippen molar-refractivity contribution < 1.29 is 4.39 Å². The molecule has 2 N–H and O–H groups in total. The minimum atomic E-state index is -0.230. The van der Waals surface area contributed by atoms with Gasteiger partial charge < -0.3 is 9.97 Å². The van der Waals surface area contributed by atoms with Crippen molar-refractivity contribution in [2.75, 3.05) is 0 Å². The molecule has 1 unspecified atom stereocenters. The highest BCUT2D eigenvalue weighted by atomic mass is 79.9. The van der Waals surface area contributed by atoms with E-state index >= 15 is 0 Å². The van der Waals surface area contributed by atoms with Gasteiger partial charge in [0.2, 0.25) is 0 Å². The summed E-state index contributed by atoms with van der Waals surface area (Å²) in [6.45, 7) is 0. The smallest absolute Gasteiger partial charge is 0.306 e. The van der Waals surface area contributed by atoms with Crippen LogP contribution in [0.25, 0.3) is 11.0 Å². The molecule has 0 spiro atoms. The molecular weight excluding hydrogens is 323 g/mol. The Morgan fingerprint density at radius 1 is 1.05 bits per heavy atom. The van der Waals surface area contributed by atoms with Crippen molar-refractivity contribution >= 4 is 27.0 Å². The third-order valence-corrected chi connectivity index (χ3v) is 4.08. The number of rotatable bonds is 3. The van der Waals surface area contributed by atoms with Gasteiger partial charge in [-0.15, -0.1) is 0 Å². The Bertz CT molecular complexity index is 791. The van der Waals surface area contributed by atoms with Gasteiger partial charge in [-0.2, -0.15) is 0 Å². The second kappa shape index (κ2) is 5.25. The molecule has 3 rings (SSSR count). The van der Waals surface area contributed by atoms with Crippen molar-refractivity contribution in [2.45, 2.75) is 11.2 Å². The zero-order valence-electron chi connectivity index (χ0n) is 10.5. The number of hydrogen-bond acceptors (Lipinski definition) is 1. The van der Waals surface area contributed by atoms with Crippen LogP contribution in [-0.2, 0) is 6.42 Å². The van der Waals surface area contributed by atoms with Crippen molar-refractivity contribution in [2.24, 2.45) is 0 Å². The standard InChI is InChI=1S/C15H12BrFN2O/c16-12(7-9-1-4-11(17)5-2-9)10-3-6-13-14(8-10)19-15(20)18-13/h1-6,8,12H,7H2,(H2,18,19,20). The molecule has 1 aromatic heterocycles. The molecule has 0 radical (unpaired) electrons. The summed E-state index contributed by atoms with van der Waals surface area (Å²) in [6, 6.07) is 12.3. The molecule has 1 heterocycles. The van der Waals surface area contributed by atoms with E-state index in [0.717, 1.165) is 28.6 Å². The van der Waals surface area contributed by atoms with E-state index in [-0.39, 0.29) is 16.3 Å². The number of benzene rings is 2. The zero-order valence-corrected chi connectivity index (χ0v) is 12.1. The molecule has 0 amide bonds. The molecule has 3 aromatic rings. The van der Waals surface area contributed by atoms with Gasteiger partial charge in [-0.05, 0) is 41.8 Å². The summed E-state index contributed by atoms with van der Waals surface area (Å²) in [6.07, 6.45) is 0.750. The van der Waals surface area contributed by atoms with E-state index in [4.69, 9.17) is 0 Å². The van der Waals surface area contributed by atoms with Crippen molar-refractivity contribution in [1.29, 1.82) is 0 Å². The number of aromatic nitrogens is 2. The van der Waals surface area contributed by atoms with E-state index in [1.165, 1.54) is 12.1 Å². The molecule has 2 aromatic carbocycles. The fourth-order valence-electron chi connectivity index (χ4n) is 2.19. The molecule has 1 atom stereocenters. The maximum atomic E-state index is 12.9. The predicted octanol–water partition coefficient (Wildman–Crippen LogP) is 3.67. The fraction of sp³-hybridized carbons (Fsp3) is 0.133. The third-order valence-electron chi connectivity index (χ3n) is 3.23. The van der Waals surface area contributed by atoms with Crippen LogP contribution in [0.15, 0.2) is 47.3 Å². The number of fused-ring (bicyclic) bond motifs is 1. The highest BCUT2D eigenvalue weighted by molar-refractivity contribution is 9.09. The van der Waals surface area contributed by atoms with Gasteiger partial charge in [-0.25, -0.2) is 9.18 Å². The highest BCUT2D eigenvalue weighted by Crippen LogP contribution is 2.28. The van der Waals surface area contributed by atoms with E-state index in [1.54, 1.807) is 12.1 Å². The van der Waals surface area contributed by atoms with Gasteiger partial charge in [0.15, 0.2) is 0 Å². The minimum Gasteiger partial charge on any atom is -0.306 e. The Kier molecular flexibility index (Phi) is 3.44. The number of aromatic amines is 2. The summed E-state index contributed by atoms with van der Waals surface area (Å²) in [5.74, 6) is -0.230. The van der Waals surface area contributed by atoms with E-state index < -0.39 is 0 Å². The van der Waals surface area contributed by atoms with Gasteiger partial charge in [0, 0.05) is 4.83 Å². The first-order valence-corrected chi connectivity index (χ1v) is 7.14. The summed E-state index contributed by atoms with van der Waals surface area (Å²) in [7, 11) is 0. The van der Waals surface area contributed by atoms with E-state index in [1.807, 2.05) is 18.2 Å². The Morgan fingerprint density at radius 2 is 1.75 bits per heavy atom. The summed E-state index contributed by atoms with van der Waals surface area (Å²) >= 11 is 3.64. The number of halogens is 2.